The molecular formula is C25H26FN3O3. The first kappa shape index (κ1) is 21.8. The lowest BCUT2D eigenvalue weighted by molar-refractivity contribution is -0.159. The smallest absolute Gasteiger partial charge is 0.322 e. The highest BCUT2D eigenvalue weighted by molar-refractivity contribution is 5.93. The molecule has 4 rings (SSSR count). The molecule has 7 heteroatoms. The number of benzene rings is 2. The molecule has 2 aliphatic heterocycles. The fraction of sp³-hybridized carbons (Fsp3) is 0.360. The van der Waals surface area contributed by atoms with E-state index in [4.69, 9.17) is 0 Å². The summed E-state index contributed by atoms with van der Waals surface area (Å²) < 4.78 is 13.9. The molecular weight excluding hydrogens is 409 g/mol. The fourth-order valence-corrected chi connectivity index (χ4v) is 4.49. The molecule has 0 saturated carbocycles. The number of nitrogens with zero attached hydrogens (tertiary/aromatic N) is 2. The minimum atomic E-state index is -0.533. The number of urea groups is 1. The van der Waals surface area contributed by atoms with Crippen LogP contribution in [0.4, 0.5) is 14.9 Å². The van der Waals surface area contributed by atoms with E-state index in [1.165, 1.54) is 17.0 Å². The van der Waals surface area contributed by atoms with Gasteiger partial charge in [0.2, 0.25) is 5.91 Å². The van der Waals surface area contributed by atoms with Gasteiger partial charge in [0, 0.05) is 24.4 Å². The van der Waals surface area contributed by atoms with Crippen LogP contribution in [-0.4, -0.2) is 58.6 Å². The summed E-state index contributed by atoms with van der Waals surface area (Å²) in [6.07, 6.45) is 1.86. The number of aliphatic hydroxyl groups is 1. The van der Waals surface area contributed by atoms with Crippen LogP contribution in [0.3, 0.4) is 0 Å². The second-order valence-corrected chi connectivity index (χ2v) is 8.11. The van der Waals surface area contributed by atoms with E-state index in [1.807, 2.05) is 24.3 Å². The normalized spacial score (nSPS) is 21.8. The molecule has 2 fully saturated rings. The lowest BCUT2D eigenvalue weighted by atomic mass is 9.73. The van der Waals surface area contributed by atoms with Crippen molar-refractivity contribution in [2.24, 2.45) is 0 Å². The third kappa shape index (κ3) is 4.19. The summed E-state index contributed by atoms with van der Waals surface area (Å²) in [5, 5.41) is 12.5. The Morgan fingerprint density at radius 1 is 1.22 bits per heavy atom. The van der Waals surface area contributed by atoms with Crippen molar-refractivity contribution in [3.05, 3.63) is 65.5 Å². The number of halogens is 1. The number of rotatable bonds is 4. The maximum absolute atomic E-state index is 13.9. The average molecular weight is 435 g/mol. The van der Waals surface area contributed by atoms with Crippen LogP contribution in [0, 0.1) is 17.7 Å². The number of piperazine rings is 1. The van der Waals surface area contributed by atoms with E-state index in [0.29, 0.717) is 6.54 Å². The largest absolute Gasteiger partial charge is 0.394 e. The van der Waals surface area contributed by atoms with Crippen molar-refractivity contribution in [1.82, 2.24) is 9.80 Å². The first-order valence-electron chi connectivity index (χ1n) is 10.8. The molecule has 2 aromatic rings. The number of unbranched alkanes of at least 4 members (excludes halogenated alkanes) is 1. The molecule has 32 heavy (non-hydrogen) atoms. The Morgan fingerprint density at radius 3 is 2.66 bits per heavy atom. The summed E-state index contributed by atoms with van der Waals surface area (Å²) in [6.45, 7) is 2.14. The van der Waals surface area contributed by atoms with Gasteiger partial charge in [-0.25, -0.2) is 9.18 Å². The number of hydrogen-bond acceptors (Lipinski definition) is 3. The Morgan fingerprint density at radius 2 is 1.97 bits per heavy atom. The van der Waals surface area contributed by atoms with Crippen molar-refractivity contribution >= 4 is 17.6 Å². The number of hydrogen-bond donors (Lipinski definition) is 2. The number of carbonyl (C=O) groups is 2. The standard InChI is InChI=1S/C25H26FN3O3/c1-2-3-4-7-17-10-12-18(13-11-17)24-21-14-28(15-23(31)29(21)22(24)16-30)25(32)27-20-9-6-5-8-19(20)26/h5-6,8-13,21-22,24,30H,2-3,14-16H2,1H3,(H,27,32)/t21-,22+,24+/m0/s1. The second kappa shape index (κ2) is 9.41. The van der Waals surface area contributed by atoms with E-state index in [9.17, 15) is 19.1 Å². The third-order valence-electron chi connectivity index (χ3n) is 6.06. The molecule has 0 aromatic heterocycles. The van der Waals surface area contributed by atoms with Gasteiger partial charge in [0.1, 0.15) is 12.4 Å². The van der Waals surface area contributed by atoms with Gasteiger partial charge in [-0.3, -0.25) is 4.79 Å². The molecule has 3 amide bonds. The fourth-order valence-electron chi connectivity index (χ4n) is 4.49. The van der Waals surface area contributed by atoms with Crippen molar-refractivity contribution in [2.45, 2.75) is 37.8 Å². The molecule has 0 bridgehead atoms. The summed E-state index contributed by atoms with van der Waals surface area (Å²) in [5.41, 5.74) is 1.99. The quantitative estimate of drug-likeness (QED) is 0.725. The van der Waals surface area contributed by atoms with E-state index in [2.05, 4.69) is 24.1 Å². The average Bonchev–Trinajstić information content (AvgIpc) is 2.78. The van der Waals surface area contributed by atoms with Crippen molar-refractivity contribution in [3.63, 3.8) is 0 Å². The molecule has 6 nitrogen and oxygen atoms in total. The summed E-state index contributed by atoms with van der Waals surface area (Å²) in [7, 11) is 0. The Labute approximate surface area is 187 Å². The summed E-state index contributed by atoms with van der Waals surface area (Å²) in [5.74, 6) is 5.41. The molecule has 0 radical (unpaired) electrons. The van der Waals surface area contributed by atoms with E-state index >= 15 is 0 Å². The van der Waals surface area contributed by atoms with Gasteiger partial charge in [-0.1, -0.05) is 43.0 Å². The van der Waals surface area contributed by atoms with Crippen molar-refractivity contribution in [2.75, 3.05) is 25.0 Å². The van der Waals surface area contributed by atoms with Crippen LogP contribution in [0.5, 0.6) is 0 Å². The van der Waals surface area contributed by atoms with Crippen LogP contribution in [-0.2, 0) is 4.79 Å². The molecule has 166 valence electrons. The Kier molecular flexibility index (Phi) is 6.42. The lowest BCUT2D eigenvalue weighted by Crippen LogP contribution is -2.73. The molecule has 2 aliphatic rings. The predicted octanol–water partition coefficient (Wildman–Crippen LogP) is 3.18. The Bertz CT molecular complexity index is 1060. The number of fused-ring (bicyclic) bond motifs is 1. The van der Waals surface area contributed by atoms with Gasteiger partial charge < -0.3 is 20.2 Å². The molecule has 2 saturated heterocycles. The maximum atomic E-state index is 13.9. The molecule has 2 N–H and O–H groups in total. The highest BCUT2D eigenvalue weighted by Gasteiger charge is 2.54. The van der Waals surface area contributed by atoms with E-state index in [0.717, 1.165) is 24.0 Å². The number of carbonyl (C=O) groups excluding carboxylic acids is 2. The number of aliphatic hydroxyl groups excluding tert-OH is 1. The predicted molar refractivity (Wildman–Crippen MR) is 119 cm³/mol. The highest BCUT2D eigenvalue weighted by Crippen LogP contribution is 2.43. The first-order chi connectivity index (χ1) is 15.5. The minimum Gasteiger partial charge on any atom is -0.394 e. The first-order valence-corrected chi connectivity index (χ1v) is 10.8. The topological polar surface area (TPSA) is 72.9 Å². The minimum absolute atomic E-state index is 0.0746. The molecule has 2 heterocycles. The van der Waals surface area contributed by atoms with Gasteiger partial charge in [0.25, 0.3) is 0 Å². The zero-order valence-electron chi connectivity index (χ0n) is 17.9. The van der Waals surface area contributed by atoms with Gasteiger partial charge in [-0.05, 0) is 36.2 Å². The van der Waals surface area contributed by atoms with Crippen molar-refractivity contribution < 1.29 is 19.1 Å². The van der Waals surface area contributed by atoms with Crippen LogP contribution in [0.1, 0.15) is 36.8 Å². The van der Waals surface area contributed by atoms with Crippen LogP contribution in [0.25, 0.3) is 0 Å². The summed E-state index contributed by atoms with van der Waals surface area (Å²) >= 11 is 0. The third-order valence-corrected chi connectivity index (χ3v) is 6.06. The summed E-state index contributed by atoms with van der Waals surface area (Å²) in [6, 6.07) is 12.7. The number of para-hydroxylation sites is 1. The van der Waals surface area contributed by atoms with E-state index in [-0.39, 0.29) is 42.7 Å². The second-order valence-electron chi connectivity index (χ2n) is 8.11. The van der Waals surface area contributed by atoms with Gasteiger partial charge in [0.15, 0.2) is 0 Å². The number of anilines is 1. The van der Waals surface area contributed by atoms with Gasteiger partial charge in [0.05, 0.1) is 24.4 Å². The van der Waals surface area contributed by atoms with E-state index < -0.39 is 11.8 Å². The van der Waals surface area contributed by atoms with Crippen molar-refractivity contribution in [3.8, 4) is 11.8 Å². The molecule has 0 aliphatic carbocycles. The number of amides is 3. The zero-order chi connectivity index (χ0) is 22.7. The van der Waals surface area contributed by atoms with Crippen LogP contribution in [0.2, 0.25) is 0 Å². The SMILES string of the molecule is CCCC#Cc1ccc([C@H]2[C@@H](CO)N3C(=O)CN(C(=O)Nc4ccccc4F)C[C@@H]23)cc1. The van der Waals surface area contributed by atoms with Crippen molar-refractivity contribution in [1.29, 1.82) is 0 Å². The van der Waals surface area contributed by atoms with Gasteiger partial charge in [-0.2, -0.15) is 0 Å². The lowest BCUT2D eigenvalue weighted by Gasteiger charge is -2.58. The Hall–Kier alpha value is -3.37. The van der Waals surface area contributed by atoms with E-state index in [1.54, 1.807) is 17.0 Å². The molecule has 3 atom stereocenters. The summed E-state index contributed by atoms with van der Waals surface area (Å²) in [4.78, 5) is 28.5. The maximum Gasteiger partial charge on any atom is 0.322 e. The molecule has 0 spiro atoms. The Balaban J connectivity index is 1.50. The molecule has 0 unspecified atom stereocenters. The highest BCUT2D eigenvalue weighted by atomic mass is 19.1. The van der Waals surface area contributed by atoms with Gasteiger partial charge >= 0.3 is 6.03 Å². The van der Waals surface area contributed by atoms with Crippen LogP contribution >= 0.6 is 0 Å². The zero-order valence-corrected chi connectivity index (χ0v) is 17.9. The monoisotopic (exact) mass is 435 g/mol. The molecule has 2 aromatic carbocycles. The van der Waals surface area contributed by atoms with Crippen LogP contribution < -0.4 is 5.32 Å². The van der Waals surface area contributed by atoms with Gasteiger partial charge in [-0.15, -0.1) is 0 Å². The van der Waals surface area contributed by atoms with Crippen LogP contribution in [0.15, 0.2) is 48.5 Å². The number of nitrogens with one attached hydrogen (secondary N) is 1.